The van der Waals surface area contributed by atoms with E-state index in [4.69, 9.17) is 4.74 Å². The summed E-state index contributed by atoms with van der Waals surface area (Å²) >= 11 is 3.24. The standard InChI is InChI=1S/C13H10BrFO2/c1-17-13-7-12(16)11(14)6-10(13)8-2-4-9(15)5-3-8/h2-7,16H,1H3. The quantitative estimate of drug-likeness (QED) is 0.909. The first kappa shape index (κ1) is 11.9. The van der Waals surface area contributed by atoms with Gasteiger partial charge in [0.25, 0.3) is 0 Å². The monoisotopic (exact) mass is 296 g/mol. The van der Waals surface area contributed by atoms with Crippen LogP contribution >= 0.6 is 15.9 Å². The minimum Gasteiger partial charge on any atom is -0.507 e. The maximum atomic E-state index is 12.8. The van der Waals surface area contributed by atoms with Gasteiger partial charge in [0, 0.05) is 11.6 Å². The molecule has 2 rings (SSSR count). The molecule has 0 saturated carbocycles. The third-order valence-corrected chi connectivity index (χ3v) is 3.06. The zero-order valence-electron chi connectivity index (χ0n) is 9.08. The number of aromatic hydroxyl groups is 1. The van der Waals surface area contributed by atoms with E-state index in [9.17, 15) is 9.50 Å². The summed E-state index contributed by atoms with van der Waals surface area (Å²) in [7, 11) is 1.52. The Morgan fingerprint density at radius 3 is 2.41 bits per heavy atom. The minimum absolute atomic E-state index is 0.104. The fourth-order valence-corrected chi connectivity index (χ4v) is 1.91. The Morgan fingerprint density at radius 1 is 1.18 bits per heavy atom. The lowest BCUT2D eigenvalue weighted by Gasteiger charge is -2.10. The third-order valence-electron chi connectivity index (χ3n) is 2.42. The number of phenols is 1. The predicted octanol–water partition coefficient (Wildman–Crippen LogP) is 3.97. The van der Waals surface area contributed by atoms with Gasteiger partial charge >= 0.3 is 0 Å². The average Bonchev–Trinajstić information content (AvgIpc) is 2.33. The predicted molar refractivity (Wildman–Crippen MR) is 67.8 cm³/mol. The second-order valence-electron chi connectivity index (χ2n) is 3.51. The van der Waals surface area contributed by atoms with E-state index in [1.54, 1.807) is 18.2 Å². The Morgan fingerprint density at radius 2 is 1.82 bits per heavy atom. The molecule has 0 unspecified atom stereocenters. The number of halogens is 2. The van der Waals surface area contributed by atoms with Crippen LogP contribution in [0.15, 0.2) is 40.9 Å². The molecular weight excluding hydrogens is 287 g/mol. The summed E-state index contributed by atoms with van der Waals surface area (Å²) in [6.07, 6.45) is 0. The van der Waals surface area contributed by atoms with Crippen molar-refractivity contribution >= 4 is 15.9 Å². The van der Waals surface area contributed by atoms with E-state index in [0.29, 0.717) is 10.2 Å². The van der Waals surface area contributed by atoms with Crippen molar-refractivity contribution in [2.45, 2.75) is 0 Å². The van der Waals surface area contributed by atoms with Crippen LogP contribution in [0.1, 0.15) is 0 Å². The van der Waals surface area contributed by atoms with Gasteiger partial charge in [-0.3, -0.25) is 0 Å². The summed E-state index contributed by atoms with van der Waals surface area (Å²) in [5.41, 5.74) is 1.61. The Bertz CT molecular complexity index is 538. The van der Waals surface area contributed by atoms with Crippen molar-refractivity contribution in [3.05, 3.63) is 46.7 Å². The highest BCUT2D eigenvalue weighted by Crippen LogP contribution is 2.37. The molecule has 0 spiro atoms. The molecule has 0 bridgehead atoms. The molecule has 0 heterocycles. The van der Waals surface area contributed by atoms with E-state index < -0.39 is 0 Å². The largest absolute Gasteiger partial charge is 0.507 e. The van der Waals surface area contributed by atoms with Gasteiger partial charge in [-0.25, -0.2) is 4.39 Å². The summed E-state index contributed by atoms with van der Waals surface area (Å²) in [4.78, 5) is 0. The molecule has 0 aliphatic heterocycles. The van der Waals surface area contributed by atoms with Crippen LogP contribution in [0.4, 0.5) is 4.39 Å². The molecule has 0 aromatic heterocycles. The second kappa shape index (κ2) is 4.75. The van der Waals surface area contributed by atoms with Crippen LogP contribution in [0.2, 0.25) is 0 Å². The molecule has 2 aromatic carbocycles. The summed E-state index contributed by atoms with van der Waals surface area (Å²) < 4.78 is 18.6. The molecule has 0 aliphatic carbocycles. The highest BCUT2D eigenvalue weighted by molar-refractivity contribution is 9.10. The van der Waals surface area contributed by atoms with Crippen molar-refractivity contribution < 1.29 is 14.2 Å². The van der Waals surface area contributed by atoms with E-state index in [1.807, 2.05) is 0 Å². The zero-order chi connectivity index (χ0) is 12.4. The number of methoxy groups -OCH3 is 1. The summed E-state index contributed by atoms with van der Waals surface area (Å²) in [5.74, 6) is 0.357. The minimum atomic E-state index is -0.287. The third kappa shape index (κ3) is 2.42. The normalized spacial score (nSPS) is 10.3. The van der Waals surface area contributed by atoms with Crippen molar-refractivity contribution in [2.75, 3.05) is 7.11 Å². The van der Waals surface area contributed by atoms with Crippen LogP contribution in [-0.2, 0) is 0 Å². The Hall–Kier alpha value is -1.55. The first-order valence-corrected chi connectivity index (χ1v) is 5.73. The molecule has 0 aliphatic rings. The molecule has 0 fully saturated rings. The number of benzene rings is 2. The summed E-state index contributed by atoms with van der Waals surface area (Å²) in [5, 5.41) is 9.56. The van der Waals surface area contributed by atoms with Crippen LogP contribution in [0.3, 0.4) is 0 Å². The number of phenolic OH excluding ortho intramolecular Hbond substituents is 1. The van der Waals surface area contributed by atoms with Crippen LogP contribution in [-0.4, -0.2) is 12.2 Å². The molecular formula is C13H10BrFO2. The Balaban J connectivity index is 2.57. The molecule has 0 saturated heterocycles. The van der Waals surface area contributed by atoms with Crippen LogP contribution in [0.25, 0.3) is 11.1 Å². The van der Waals surface area contributed by atoms with E-state index in [0.717, 1.165) is 11.1 Å². The van der Waals surface area contributed by atoms with Gasteiger partial charge in [0.1, 0.15) is 17.3 Å². The van der Waals surface area contributed by atoms with Gasteiger partial charge in [0.05, 0.1) is 11.6 Å². The van der Waals surface area contributed by atoms with Gasteiger partial charge in [-0.05, 0) is 39.7 Å². The molecule has 0 atom stereocenters. The second-order valence-corrected chi connectivity index (χ2v) is 4.37. The van der Waals surface area contributed by atoms with Crippen molar-refractivity contribution in [3.8, 4) is 22.6 Å². The van der Waals surface area contributed by atoms with E-state index in [-0.39, 0.29) is 11.6 Å². The van der Waals surface area contributed by atoms with Crippen molar-refractivity contribution in [1.82, 2.24) is 0 Å². The average molecular weight is 297 g/mol. The molecule has 1 N–H and O–H groups in total. The summed E-state index contributed by atoms with van der Waals surface area (Å²) in [6, 6.07) is 9.35. The SMILES string of the molecule is COc1cc(O)c(Br)cc1-c1ccc(F)cc1. The number of rotatable bonds is 2. The molecule has 4 heteroatoms. The highest BCUT2D eigenvalue weighted by Gasteiger charge is 2.10. The lowest BCUT2D eigenvalue weighted by molar-refractivity contribution is 0.408. The van der Waals surface area contributed by atoms with Crippen molar-refractivity contribution in [2.24, 2.45) is 0 Å². The topological polar surface area (TPSA) is 29.5 Å². The van der Waals surface area contributed by atoms with Crippen LogP contribution < -0.4 is 4.74 Å². The molecule has 0 amide bonds. The van der Waals surface area contributed by atoms with Gasteiger partial charge in [-0.1, -0.05) is 12.1 Å². The first-order valence-electron chi connectivity index (χ1n) is 4.94. The Labute approximate surface area is 107 Å². The highest BCUT2D eigenvalue weighted by atomic mass is 79.9. The first-order chi connectivity index (χ1) is 8.11. The molecule has 17 heavy (non-hydrogen) atoms. The van der Waals surface area contributed by atoms with Gasteiger partial charge in [0.2, 0.25) is 0 Å². The maximum Gasteiger partial charge on any atom is 0.133 e. The number of hydrogen-bond acceptors (Lipinski definition) is 2. The van der Waals surface area contributed by atoms with Gasteiger partial charge < -0.3 is 9.84 Å². The lowest BCUT2D eigenvalue weighted by Crippen LogP contribution is -1.88. The van der Waals surface area contributed by atoms with Gasteiger partial charge in [0.15, 0.2) is 0 Å². The van der Waals surface area contributed by atoms with Gasteiger partial charge in [-0.15, -0.1) is 0 Å². The fraction of sp³-hybridized carbons (Fsp3) is 0.0769. The van der Waals surface area contributed by atoms with Crippen LogP contribution in [0.5, 0.6) is 11.5 Å². The summed E-state index contributed by atoms with van der Waals surface area (Å²) in [6.45, 7) is 0. The number of ether oxygens (including phenoxy) is 1. The fourth-order valence-electron chi connectivity index (χ4n) is 1.57. The van der Waals surface area contributed by atoms with Gasteiger partial charge in [-0.2, -0.15) is 0 Å². The molecule has 2 nitrogen and oxygen atoms in total. The lowest BCUT2D eigenvalue weighted by atomic mass is 10.0. The molecule has 2 aromatic rings. The van der Waals surface area contributed by atoms with Crippen molar-refractivity contribution in [3.63, 3.8) is 0 Å². The number of hydrogen-bond donors (Lipinski definition) is 1. The molecule has 0 radical (unpaired) electrons. The van der Waals surface area contributed by atoms with E-state index >= 15 is 0 Å². The zero-order valence-corrected chi connectivity index (χ0v) is 10.7. The van der Waals surface area contributed by atoms with Crippen LogP contribution in [0, 0.1) is 5.82 Å². The van der Waals surface area contributed by atoms with E-state index in [2.05, 4.69) is 15.9 Å². The van der Waals surface area contributed by atoms with E-state index in [1.165, 1.54) is 25.3 Å². The molecule has 88 valence electrons. The van der Waals surface area contributed by atoms with Crippen molar-refractivity contribution in [1.29, 1.82) is 0 Å². The smallest absolute Gasteiger partial charge is 0.133 e. The Kier molecular flexibility index (Phi) is 3.33. The maximum absolute atomic E-state index is 12.8.